The highest BCUT2D eigenvalue weighted by molar-refractivity contribution is 7.86. The van der Waals surface area contributed by atoms with E-state index in [2.05, 4.69) is 13.8 Å². The van der Waals surface area contributed by atoms with E-state index in [0.29, 0.717) is 12.8 Å². The zero-order valence-corrected chi connectivity index (χ0v) is 18.8. The summed E-state index contributed by atoms with van der Waals surface area (Å²) in [7, 11) is -4.17. The predicted octanol–water partition coefficient (Wildman–Crippen LogP) is 6.67. The summed E-state index contributed by atoms with van der Waals surface area (Å²) in [5.41, 5.74) is 0. The molecule has 0 aliphatic carbocycles. The monoisotopic (exact) mass is 406 g/mol. The second-order valence-corrected chi connectivity index (χ2v) is 9.78. The third-order valence-electron chi connectivity index (χ3n) is 5.51. The lowest BCUT2D eigenvalue weighted by atomic mass is 10.0. The Hall–Kier alpha value is -0.130. The smallest absolute Gasteiger partial charge is 0.270 e. The fourth-order valence-electron chi connectivity index (χ4n) is 3.69. The molecular weight excluding hydrogens is 360 g/mol. The van der Waals surface area contributed by atoms with Crippen LogP contribution in [0.15, 0.2) is 0 Å². The van der Waals surface area contributed by atoms with Crippen LogP contribution in [0.3, 0.4) is 0 Å². The topological polar surface area (TPSA) is 74.6 Å². The molecule has 2 unspecified atom stereocenters. The normalized spacial score (nSPS) is 14.4. The van der Waals surface area contributed by atoms with Crippen molar-refractivity contribution < 1.29 is 18.1 Å². The van der Waals surface area contributed by atoms with E-state index >= 15 is 0 Å². The van der Waals surface area contributed by atoms with E-state index in [1.165, 1.54) is 57.8 Å². The molecule has 0 radical (unpaired) electrons. The molecule has 0 spiro atoms. The summed E-state index contributed by atoms with van der Waals surface area (Å²) < 4.78 is 32.5. The SMILES string of the molecule is CCCCCCCCCCCCCCC(O)C(CCCCCC)S(=O)(=O)O. The van der Waals surface area contributed by atoms with Gasteiger partial charge in [-0.3, -0.25) is 4.55 Å². The van der Waals surface area contributed by atoms with Crippen LogP contribution in [0, 0.1) is 0 Å². The van der Waals surface area contributed by atoms with Crippen LogP contribution >= 0.6 is 0 Å². The van der Waals surface area contributed by atoms with Crippen LogP contribution in [0.1, 0.15) is 129 Å². The number of hydrogen-bond acceptors (Lipinski definition) is 3. The summed E-state index contributed by atoms with van der Waals surface area (Å²) in [4.78, 5) is 0. The summed E-state index contributed by atoms with van der Waals surface area (Å²) in [6.45, 7) is 4.35. The Kier molecular flexibility index (Phi) is 17.8. The third-order valence-corrected chi connectivity index (χ3v) is 6.82. The molecule has 0 aliphatic rings. The molecule has 27 heavy (non-hydrogen) atoms. The molecule has 2 N–H and O–H groups in total. The lowest BCUT2D eigenvalue weighted by molar-refractivity contribution is 0.146. The molecule has 0 saturated carbocycles. The third kappa shape index (κ3) is 16.5. The Morgan fingerprint density at radius 2 is 0.926 bits per heavy atom. The Bertz CT molecular complexity index is 409. The summed E-state index contributed by atoms with van der Waals surface area (Å²) in [5, 5.41) is 9.21. The van der Waals surface area contributed by atoms with Gasteiger partial charge in [0.25, 0.3) is 10.1 Å². The molecule has 2 atom stereocenters. The minimum absolute atomic E-state index is 0.359. The summed E-state index contributed by atoms with van der Waals surface area (Å²) in [6.07, 6.45) is 18.7. The van der Waals surface area contributed by atoms with Crippen LogP contribution in [-0.2, 0) is 10.1 Å². The van der Waals surface area contributed by atoms with Gasteiger partial charge < -0.3 is 5.11 Å². The molecule has 0 aromatic rings. The van der Waals surface area contributed by atoms with Crippen LogP contribution in [0.2, 0.25) is 0 Å². The van der Waals surface area contributed by atoms with Crippen molar-refractivity contribution in [3.05, 3.63) is 0 Å². The van der Waals surface area contributed by atoms with Gasteiger partial charge >= 0.3 is 0 Å². The van der Waals surface area contributed by atoms with Gasteiger partial charge in [-0.25, -0.2) is 0 Å². The Balaban J connectivity index is 3.72. The molecule has 0 bridgehead atoms. The quantitative estimate of drug-likeness (QED) is 0.175. The molecule has 0 heterocycles. The second kappa shape index (κ2) is 17.9. The zero-order chi connectivity index (χ0) is 20.4. The highest BCUT2D eigenvalue weighted by Crippen LogP contribution is 2.20. The Morgan fingerprint density at radius 1 is 0.593 bits per heavy atom. The first-order chi connectivity index (χ1) is 12.9. The first kappa shape index (κ1) is 26.9. The van der Waals surface area contributed by atoms with E-state index in [9.17, 15) is 18.1 Å². The largest absolute Gasteiger partial charge is 0.392 e. The van der Waals surface area contributed by atoms with E-state index in [1.807, 2.05) is 0 Å². The summed E-state index contributed by atoms with van der Waals surface area (Å²) >= 11 is 0. The van der Waals surface area contributed by atoms with Crippen molar-refractivity contribution in [1.82, 2.24) is 0 Å². The van der Waals surface area contributed by atoms with Crippen LogP contribution in [0.4, 0.5) is 0 Å². The highest BCUT2D eigenvalue weighted by atomic mass is 32.2. The van der Waals surface area contributed by atoms with Crippen LogP contribution in [0.5, 0.6) is 0 Å². The zero-order valence-electron chi connectivity index (χ0n) is 18.0. The fraction of sp³-hybridized carbons (Fsp3) is 1.00. The van der Waals surface area contributed by atoms with Crippen molar-refractivity contribution in [1.29, 1.82) is 0 Å². The van der Waals surface area contributed by atoms with Gasteiger partial charge in [0.1, 0.15) is 5.25 Å². The molecule has 4 nitrogen and oxygen atoms in total. The molecule has 0 saturated heterocycles. The van der Waals surface area contributed by atoms with E-state index in [-0.39, 0.29) is 0 Å². The average Bonchev–Trinajstić information content (AvgIpc) is 2.61. The van der Waals surface area contributed by atoms with Gasteiger partial charge in [0.05, 0.1) is 6.10 Å². The van der Waals surface area contributed by atoms with E-state index < -0.39 is 21.5 Å². The lowest BCUT2D eigenvalue weighted by Gasteiger charge is -2.20. The molecule has 0 rings (SSSR count). The van der Waals surface area contributed by atoms with Crippen molar-refractivity contribution in [2.24, 2.45) is 0 Å². The van der Waals surface area contributed by atoms with Gasteiger partial charge in [0, 0.05) is 0 Å². The van der Waals surface area contributed by atoms with Gasteiger partial charge in [-0.1, -0.05) is 117 Å². The van der Waals surface area contributed by atoms with Crippen LogP contribution in [0.25, 0.3) is 0 Å². The molecule has 5 heteroatoms. The first-order valence-electron chi connectivity index (χ1n) is 11.6. The molecular formula is C22H46O4S. The number of rotatable bonds is 20. The maximum Gasteiger partial charge on any atom is 0.270 e. The maximum absolute atomic E-state index is 11.6. The highest BCUT2D eigenvalue weighted by Gasteiger charge is 2.29. The minimum atomic E-state index is -4.17. The van der Waals surface area contributed by atoms with Crippen LogP contribution in [-0.4, -0.2) is 29.4 Å². The van der Waals surface area contributed by atoms with Crippen molar-refractivity contribution in [2.75, 3.05) is 0 Å². The van der Waals surface area contributed by atoms with Gasteiger partial charge in [-0.05, 0) is 12.8 Å². The lowest BCUT2D eigenvalue weighted by Crippen LogP contribution is -2.33. The second-order valence-electron chi connectivity index (χ2n) is 8.15. The van der Waals surface area contributed by atoms with Crippen molar-refractivity contribution in [3.8, 4) is 0 Å². The molecule has 0 amide bonds. The van der Waals surface area contributed by atoms with Crippen molar-refractivity contribution >= 4 is 10.1 Å². The molecule has 164 valence electrons. The Labute approximate surface area is 169 Å². The van der Waals surface area contributed by atoms with Gasteiger partial charge in [-0.15, -0.1) is 0 Å². The van der Waals surface area contributed by atoms with Gasteiger partial charge in [0.15, 0.2) is 0 Å². The van der Waals surface area contributed by atoms with Crippen molar-refractivity contribution in [3.63, 3.8) is 0 Å². The summed E-state index contributed by atoms with van der Waals surface area (Å²) in [6, 6.07) is 0. The average molecular weight is 407 g/mol. The summed E-state index contributed by atoms with van der Waals surface area (Å²) in [5.74, 6) is 0. The van der Waals surface area contributed by atoms with E-state index in [1.54, 1.807) is 0 Å². The molecule has 0 aromatic carbocycles. The van der Waals surface area contributed by atoms with E-state index in [4.69, 9.17) is 0 Å². The number of aliphatic hydroxyl groups is 1. The fourth-order valence-corrected chi connectivity index (χ4v) is 4.69. The first-order valence-corrected chi connectivity index (χ1v) is 13.1. The Morgan fingerprint density at radius 3 is 1.33 bits per heavy atom. The standard InChI is InChI=1S/C22H46O4S/c1-3-5-7-9-10-11-12-13-14-15-16-17-19-21(23)22(27(24,25)26)20-18-8-6-4-2/h21-23H,3-20H2,1-2H3,(H,24,25,26). The maximum atomic E-state index is 11.6. The van der Waals surface area contributed by atoms with Gasteiger partial charge in [0.2, 0.25) is 0 Å². The number of aliphatic hydroxyl groups excluding tert-OH is 1. The number of hydrogen-bond donors (Lipinski definition) is 2. The molecule has 0 fully saturated rings. The van der Waals surface area contributed by atoms with Crippen LogP contribution < -0.4 is 0 Å². The van der Waals surface area contributed by atoms with Crippen molar-refractivity contribution in [2.45, 2.75) is 141 Å². The van der Waals surface area contributed by atoms with E-state index in [0.717, 1.165) is 44.9 Å². The molecule has 0 aromatic heterocycles. The minimum Gasteiger partial charge on any atom is -0.392 e. The predicted molar refractivity (Wildman–Crippen MR) is 116 cm³/mol. The molecule has 0 aliphatic heterocycles. The van der Waals surface area contributed by atoms with Gasteiger partial charge in [-0.2, -0.15) is 8.42 Å². The number of unbranched alkanes of at least 4 members (excludes halogenated alkanes) is 14.